The minimum atomic E-state index is -0.171. The van der Waals surface area contributed by atoms with Crippen LogP contribution < -0.4 is 5.32 Å². The summed E-state index contributed by atoms with van der Waals surface area (Å²) in [7, 11) is 5.68. The molecule has 0 spiro atoms. The van der Waals surface area contributed by atoms with Gasteiger partial charge in [0.1, 0.15) is 0 Å². The second-order valence-corrected chi connectivity index (χ2v) is 4.94. The molecular formula is C12H24N2O2. The Hall–Kier alpha value is -0.610. The molecule has 1 aliphatic rings. The van der Waals surface area contributed by atoms with Gasteiger partial charge < -0.3 is 15.0 Å². The molecule has 0 amide bonds. The van der Waals surface area contributed by atoms with Crippen molar-refractivity contribution in [3.8, 4) is 0 Å². The first kappa shape index (κ1) is 13.5. The van der Waals surface area contributed by atoms with Gasteiger partial charge in [0.2, 0.25) is 0 Å². The average Bonchev–Trinajstić information content (AvgIpc) is 2.27. The monoisotopic (exact) mass is 228 g/mol. The Morgan fingerprint density at radius 1 is 1.31 bits per heavy atom. The van der Waals surface area contributed by atoms with Crippen molar-refractivity contribution < 1.29 is 9.53 Å². The third-order valence-electron chi connectivity index (χ3n) is 3.23. The molecule has 0 unspecified atom stereocenters. The van der Waals surface area contributed by atoms with Gasteiger partial charge in [-0.1, -0.05) is 0 Å². The van der Waals surface area contributed by atoms with Crippen LogP contribution in [0, 0.1) is 5.92 Å². The van der Waals surface area contributed by atoms with Crippen molar-refractivity contribution >= 4 is 5.97 Å². The molecular weight excluding hydrogens is 204 g/mol. The molecule has 4 nitrogen and oxygen atoms in total. The van der Waals surface area contributed by atoms with Crippen molar-refractivity contribution in [3.63, 3.8) is 0 Å². The van der Waals surface area contributed by atoms with E-state index in [0.717, 1.165) is 5.92 Å². The number of carbonyl (C=O) groups is 1. The molecule has 0 atom stereocenters. The molecule has 94 valence electrons. The van der Waals surface area contributed by atoms with Gasteiger partial charge in [0.15, 0.2) is 0 Å². The van der Waals surface area contributed by atoms with Crippen molar-refractivity contribution in [1.82, 2.24) is 10.2 Å². The normalized spacial score (nSPS) is 25.8. The van der Waals surface area contributed by atoms with E-state index in [1.54, 1.807) is 0 Å². The lowest BCUT2D eigenvalue weighted by Gasteiger charge is -2.30. The van der Waals surface area contributed by atoms with Gasteiger partial charge >= 0.3 is 5.97 Å². The average molecular weight is 228 g/mol. The molecule has 0 heterocycles. The fourth-order valence-electron chi connectivity index (χ4n) is 2.37. The summed E-state index contributed by atoms with van der Waals surface area (Å²) in [5.41, 5.74) is 0. The Morgan fingerprint density at radius 2 is 1.94 bits per heavy atom. The van der Waals surface area contributed by atoms with Crippen LogP contribution in [0.2, 0.25) is 0 Å². The number of nitrogens with zero attached hydrogens (tertiary/aromatic N) is 1. The van der Waals surface area contributed by atoms with Crippen LogP contribution in [-0.2, 0) is 9.53 Å². The van der Waals surface area contributed by atoms with Crippen molar-refractivity contribution in [2.75, 3.05) is 34.3 Å². The van der Waals surface area contributed by atoms with Crippen LogP contribution in [0.25, 0.3) is 0 Å². The molecule has 1 saturated carbocycles. The minimum Gasteiger partial charge on any atom is -0.468 e. The molecule has 1 aliphatic carbocycles. The van der Waals surface area contributed by atoms with Crippen LogP contribution in [0.4, 0.5) is 0 Å². The summed E-state index contributed by atoms with van der Waals surface area (Å²) in [5, 5.41) is 3.26. The largest absolute Gasteiger partial charge is 0.468 e. The lowest BCUT2D eigenvalue weighted by atomic mass is 9.86. The van der Waals surface area contributed by atoms with Crippen LogP contribution >= 0.6 is 0 Å². The van der Waals surface area contributed by atoms with Crippen molar-refractivity contribution in [1.29, 1.82) is 0 Å². The number of esters is 1. The molecule has 4 heteroatoms. The lowest BCUT2D eigenvalue weighted by molar-refractivity contribution is -0.139. The fourth-order valence-corrected chi connectivity index (χ4v) is 2.37. The summed E-state index contributed by atoms with van der Waals surface area (Å²) in [6.07, 6.45) is 4.87. The highest BCUT2D eigenvalue weighted by Crippen LogP contribution is 2.24. The number of ether oxygens (including phenoxy) is 1. The molecule has 0 saturated heterocycles. The summed E-state index contributed by atoms with van der Waals surface area (Å²) >= 11 is 0. The minimum absolute atomic E-state index is 0.171. The molecule has 0 aromatic rings. The zero-order chi connectivity index (χ0) is 12.0. The summed E-state index contributed by atoms with van der Waals surface area (Å²) in [6.45, 7) is 1.53. The Morgan fingerprint density at radius 3 is 2.44 bits per heavy atom. The first-order valence-electron chi connectivity index (χ1n) is 6.06. The first-order valence-corrected chi connectivity index (χ1v) is 6.06. The van der Waals surface area contributed by atoms with Crippen molar-refractivity contribution in [3.05, 3.63) is 0 Å². The van der Waals surface area contributed by atoms with Crippen LogP contribution in [0.5, 0.6) is 0 Å². The first-order chi connectivity index (χ1) is 7.61. The van der Waals surface area contributed by atoms with Gasteiger partial charge in [0.25, 0.3) is 0 Å². The van der Waals surface area contributed by atoms with Crippen LogP contribution in [0.15, 0.2) is 0 Å². The summed E-state index contributed by atoms with van der Waals surface area (Å²) in [4.78, 5) is 13.2. The van der Waals surface area contributed by atoms with E-state index in [1.165, 1.54) is 39.3 Å². The van der Waals surface area contributed by atoms with Crippen molar-refractivity contribution in [2.45, 2.75) is 31.7 Å². The number of methoxy groups -OCH3 is 1. The number of hydrogen-bond donors (Lipinski definition) is 1. The van der Waals surface area contributed by atoms with E-state index in [2.05, 4.69) is 29.0 Å². The van der Waals surface area contributed by atoms with E-state index in [9.17, 15) is 4.79 Å². The number of carbonyl (C=O) groups excluding carboxylic acids is 1. The standard InChI is InChI=1S/C12H24N2O2/c1-14(2)9-10-4-6-11(7-5-10)13-8-12(15)16-3/h10-11,13H,4-9H2,1-3H3/t10-,11-. The molecule has 1 fully saturated rings. The SMILES string of the molecule is COC(=O)CN[C@H]1CC[C@H](CN(C)C)CC1. The molecule has 1 rings (SSSR count). The molecule has 1 N–H and O–H groups in total. The predicted molar refractivity (Wildman–Crippen MR) is 64.3 cm³/mol. The summed E-state index contributed by atoms with van der Waals surface area (Å²) in [5.74, 6) is 0.654. The van der Waals surface area contributed by atoms with Crippen LogP contribution in [-0.4, -0.2) is 51.2 Å². The number of hydrogen-bond acceptors (Lipinski definition) is 4. The Kier molecular flexibility index (Phi) is 5.77. The Labute approximate surface area is 98.3 Å². The topological polar surface area (TPSA) is 41.6 Å². The van der Waals surface area contributed by atoms with Crippen LogP contribution in [0.1, 0.15) is 25.7 Å². The second kappa shape index (κ2) is 6.86. The predicted octanol–water partition coefficient (Wildman–Crippen LogP) is 0.869. The van der Waals surface area contributed by atoms with Gasteiger partial charge in [-0.2, -0.15) is 0 Å². The highest BCUT2D eigenvalue weighted by molar-refractivity contribution is 5.71. The zero-order valence-corrected chi connectivity index (χ0v) is 10.7. The van der Waals surface area contributed by atoms with Gasteiger partial charge in [-0.05, 0) is 45.7 Å². The van der Waals surface area contributed by atoms with Crippen molar-refractivity contribution in [2.24, 2.45) is 5.92 Å². The van der Waals surface area contributed by atoms with E-state index in [-0.39, 0.29) is 5.97 Å². The van der Waals surface area contributed by atoms with Gasteiger partial charge in [-0.3, -0.25) is 4.79 Å². The number of nitrogens with one attached hydrogen (secondary N) is 1. The smallest absolute Gasteiger partial charge is 0.319 e. The quantitative estimate of drug-likeness (QED) is 0.709. The maximum Gasteiger partial charge on any atom is 0.319 e. The van der Waals surface area contributed by atoms with Gasteiger partial charge in [-0.25, -0.2) is 0 Å². The molecule has 0 aromatic heterocycles. The van der Waals surface area contributed by atoms with Crippen LogP contribution in [0.3, 0.4) is 0 Å². The van der Waals surface area contributed by atoms with E-state index < -0.39 is 0 Å². The zero-order valence-electron chi connectivity index (χ0n) is 10.7. The lowest BCUT2D eigenvalue weighted by Crippen LogP contribution is -2.38. The third kappa shape index (κ3) is 4.94. The fraction of sp³-hybridized carbons (Fsp3) is 0.917. The number of rotatable bonds is 5. The van der Waals surface area contributed by atoms with Gasteiger partial charge in [-0.15, -0.1) is 0 Å². The Bertz CT molecular complexity index is 211. The molecule has 0 aliphatic heterocycles. The molecule has 16 heavy (non-hydrogen) atoms. The second-order valence-electron chi connectivity index (χ2n) is 4.94. The van der Waals surface area contributed by atoms with Gasteiger partial charge in [0.05, 0.1) is 13.7 Å². The maximum absolute atomic E-state index is 11.0. The van der Waals surface area contributed by atoms with E-state index in [1.807, 2.05) is 0 Å². The third-order valence-corrected chi connectivity index (χ3v) is 3.23. The van der Waals surface area contributed by atoms with E-state index in [0.29, 0.717) is 12.6 Å². The van der Waals surface area contributed by atoms with E-state index >= 15 is 0 Å². The summed E-state index contributed by atoms with van der Waals surface area (Å²) < 4.78 is 4.61. The summed E-state index contributed by atoms with van der Waals surface area (Å²) in [6, 6.07) is 0.498. The molecule has 0 bridgehead atoms. The highest BCUT2D eigenvalue weighted by atomic mass is 16.5. The molecule has 0 radical (unpaired) electrons. The van der Waals surface area contributed by atoms with E-state index in [4.69, 9.17) is 0 Å². The maximum atomic E-state index is 11.0. The highest BCUT2D eigenvalue weighted by Gasteiger charge is 2.21. The molecule has 0 aromatic carbocycles. The van der Waals surface area contributed by atoms with Gasteiger partial charge in [0, 0.05) is 12.6 Å². The Balaban J connectivity index is 2.14.